The van der Waals surface area contributed by atoms with Gasteiger partial charge in [0.2, 0.25) is 6.79 Å². The summed E-state index contributed by atoms with van der Waals surface area (Å²) in [7, 11) is 1.74. The number of rotatable bonds is 3. The topological polar surface area (TPSA) is 56.6 Å². The first-order chi connectivity index (χ1) is 13.4. The second kappa shape index (κ2) is 6.87. The Kier molecular flexibility index (Phi) is 4.51. The molecule has 1 aromatic heterocycles. The van der Waals surface area contributed by atoms with Gasteiger partial charge >= 0.3 is 0 Å². The van der Waals surface area contributed by atoms with Crippen molar-refractivity contribution in [2.45, 2.75) is 20.8 Å². The lowest BCUT2D eigenvalue weighted by Crippen LogP contribution is -2.26. The third kappa shape index (κ3) is 2.99. The van der Waals surface area contributed by atoms with E-state index in [2.05, 4.69) is 5.10 Å². The van der Waals surface area contributed by atoms with Gasteiger partial charge in [-0.2, -0.15) is 5.10 Å². The molecule has 0 radical (unpaired) electrons. The second-order valence-electron chi connectivity index (χ2n) is 6.80. The van der Waals surface area contributed by atoms with Crippen LogP contribution in [0.25, 0.3) is 5.69 Å². The van der Waals surface area contributed by atoms with E-state index in [4.69, 9.17) is 21.1 Å². The maximum Gasteiger partial charge on any atom is 0.258 e. The molecule has 2 heterocycles. The van der Waals surface area contributed by atoms with Crippen molar-refractivity contribution in [3.8, 4) is 17.2 Å². The largest absolute Gasteiger partial charge is 0.454 e. The molecule has 1 amide bonds. The van der Waals surface area contributed by atoms with Crippen LogP contribution in [0, 0.1) is 20.8 Å². The van der Waals surface area contributed by atoms with Crippen LogP contribution in [0.15, 0.2) is 36.4 Å². The van der Waals surface area contributed by atoms with Gasteiger partial charge in [0.25, 0.3) is 5.91 Å². The lowest BCUT2D eigenvalue weighted by Gasteiger charge is -2.19. The van der Waals surface area contributed by atoms with E-state index in [-0.39, 0.29) is 12.7 Å². The molecule has 7 heteroatoms. The highest BCUT2D eigenvalue weighted by Gasteiger charge is 2.20. The summed E-state index contributed by atoms with van der Waals surface area (Å²) in [4.78, 5) is 14.7. The van der Waals surface area contributed by atoms with Crippen molar-refractivity contribution in [2.24, 2.45) is 0 Å². The van der Waals surface area contributed by atoms with Crippen molar-refractivity contribution in [3.05, 3.63) is 63.9 Å². The molecular formula is C21H20ClN3O3. The van der Waals surface area contributed by atoms with E-state index < -0.39 is 0 Å². The summed E-state index contributed by atoms with van der Waals surface area (Å²) in [6, 6.07) is 11.0. The number of carbonyl (C=O) groups excluding carboxylic acids is 1. The number of aromatic nitrogens is 2. The standard InChI is InChI=1S/C21H20ClN3O3/c1-12-5-6-15(9-17(12)25-14(3)20(22)13(2)23-25)21(26)24(4)16-7-8-18-19(10-16)28-11-27-18/h5-10H,11H2,1-4H3. The second-order valence-corrected chi connectivity index (χ2v) is 7.18. The SMILES string of the molecule is Cc1ccc(C(=O)N(C)c2ccc3c(c2)OCO3)cc1-n1nc(C)c(Cl)c1C. The van der Waals surface area contributed by atoms with E-state index >= 15 is 0 Å². The monoisotopic (exact) mass is 397 g/mol. The molecule has 0 N–H and O–H groups in total. The summed E-state index contributed by atoms with van der Waals surface area (Å²) in [5.41, 5.74) is 4.72. The van der Waals surface area contributed by atoms with Crippen LogP contribution in [0.5, 0.6) is 11.5 Å². The summed E-state index contributed by atoms with van der Waals surface area (Å²) in [6.07, 6.45) is 0. The van der Waals surface area contributed by atoms with E-state index in [1.165, 1.54) is 0 Å². The number of hydrogen-bond donors (Lipinski definition) is 0. The van der Waals surface area contributed by atoms with Crippen LogP contribution in [0.4, 0.5) is 5.69 Å². The van der Waals surface area contributed by atoms with Gasteiger partial charge in [0.05, 0.1) is 22.1 Å². The fourth-order valence-corrected chi connectivity index (χ4v) is 3.35. The minimum atomic E-state index is -0.132. The average Bonchev–Trinajstić information content (AvgIpc) is 3.27. The van der Waals surface area contributed by atoms with Crippen LogP contribution in [0.1, 0.15) is 27.3 Å². The summed E-state index contributed by atoms with van der Waals surface area (Å²) < 4.78 is 12.5. The molecule has 2 aromatic carbocycles. The zero-order chi connectivity index (χ0) is 20.0. The molecule has 0 atom stereocenters. The molecule has 144 valence electrons. The van der Waals surface area contributed by atoms with Crippen molar-refractivity contribution < 1.29 is 14.3 Å². The summed E-state index contributed by atoms with van der Waals surface area (Å²) >= 11 is 6.30. The van der Waals surface area contributed by atoms with Crippen LogP contribution < -0.4 is 14.4 Å². The first-order valence-electron chi connectivity index (χ1n) is 8.87. The minimum absolute atomic E-state index is 0.132. The highest BCUT2D eigenvalue weighted by atomic mass is 35.5. The summed E-state index contributed by atoms with van der Waals surface area (Å²) in [5, 5.41) is 5.15. The Morgan fingerprint density at radius 3 is 2.57 bits per heavy atom. The predicted molar refractivity (Wildman–Crippen MR) is 108 cm³/mol. The number of anilines is 1. The third-order valence-electron chi connectivity index (χ3n) is 4.94. The normalized spacial score (nSPS) is 12.3. The van der Waals surface area contributed by atoms with Crippen molar-refractivity contribution in [3.63, 3.8) is 0 Å². The van der Waals surface area contributed by atoms with Crippen molar-refractivity contribution >= 4 is 23.2 Å². The van der Waals surface area contributed by atoms with Crippen LogP contribution in [-0.4, -0.2) is 29.5 Å². The fourth-order valence-electron chi connectivity index (χ4n) is 3.23. The fraction of sp³-hybridized carbons (Fsp3) is 0.238. The molecule has 0 fully saturated rings. The smallest absolute Gasteiger partial charge is 0.258 e. The molecule has 0 saturated heterocycles. The predicted octanol–water partition coefficient (Wildman–Crippen LogP) is 4.46. The third-order valence-corrected chi connectivity index (χ3v) is 5.48. The number of ether oxygens (including phenoxy) is 2. The highest BCUT2D eigenvalue weighted by Crippen LogP contribution is 2.35. The number of benzene rings is 2. The van der Waals surface area contributed by atoms with Gasteiger partial charge in [-0.15, -0.1) is 0 Å². The Labute approximate surface area is 168 Å². The summed E-state index contributed by atoms with van der Waals surface area (Å²) in [5.74, 6) is 1.19. The maximum absolute atomic E-state index is 13.1. The van der Waals surface area contributed by atoms with E-state index in [0.717, 1.165) is 28.3 Å². The number of amides is 1. The van der Waals surface area contributed by atoms with E-state index in [0.29, 0.717) is 22.1 Å². The lowest BCUT2D eigenvalue weighted by molar-refractivity contribution is 0.0993. The Hall–Kier alpha value is -2.99. The summed E-state index contributed by atoms with van der Waals surface area (Å²) in [6.45, 7) is 5.96. The van der Waals surface area contributed by atoms with E-state index in [1.54, 1.807) is 28.8 Å². The minimum Gasteiger partial charge on any atom is -0.454 e. The molecular weight excluding hydrogens is 378 g/mol. The highest BCUT2D eigenvalue weighted by molar-refractivity contribution is 6.31. The van der Waals surface area contributed by atoms with Gasteiger partial charge in [-0.05, 0) is 50.6 Å². The molecule has 4 rings (SSSR count). The van der Waals surface area contributed by atoms with Crippen molar-refractivity contribution in [1.82, 2.24) is 9.78 Å². The maximum atomic E-state index is 13.1. The Bertz CT molecular complexity index is 1090. The van der Waals surface area contributed by atoms with Gasteiger partial charge in [0.1, 0.15) is 0 Å². The van der Waals surface area contributed by atoms with Gasteiger partial charge in [0.15, 0.2) is 11.5 Å². The van der Waals surface area contributed by atoms with Gasteiger partial charge in [-0.3, -0.25) is 4.79 Å². The number of aryl methyl sites for hydroxylation is 2. The number of hydrogen-bond acceptors (Lipinski definition) is 4. The Morgan fingerprint density at radius 2 is 1.86 bits per heavy atom. The number of nitrogens with zero attached hydrogens (tertiary/aromatic N) is 3. The van der Waals surface area contributed by atoms with Gasteiger partial charge in [-0.1, -0.05) is 17.7 Å². The van der Waals surface area contributed by atoms with Crippen molar-refractivity contribution in [1.29, 1.82) is 0 Å². The van der Waals surface area contributed by atoms with Gasteiger partial charge in [0, 0.05) is 24.4 Å². The van der Waals surface area contributed by atoms with Gasteiger partial charge < -0.3 is 14.4 Å². The molecule has 0 bridgehead atoms. The number of carbonyl (C=O) groups is 1. The van der Waals surface area contributed by atoms with Gasteiger partial charge in [-0.25, -0.2) is 4.68 Å². The van der Waals surface area contributed by atoms with Crippen LogP contribution in [0.3, 0.4) is 0 Å². The zero-order valence-electron chi connectivity index (χ0n) is 16.1. The molecule has 6 nitrogen and oxygen atoms in total. The quantitative estimate of drug-likeness (QED) is 0.654. The molecule has 3 aromatic rings. The Balaban J connectivity index is 1.69. The van der Waals surface area contributed by atoms with Crippen LogP contribution in [-0.2, 0) is 0 Å². The van der Waals surface area contributed by atoms with Crippen molar-refractivity contribution in [2.75, 3.05) is 18.7 Å². The Morgan fingerprint density at radius 1 is 1.11 bits per heavy atom. The van der Waals surface area contributed by atoms with E-state index in [1.807, 2.05) is 45.0 Å². The first-order valence-corrected chi connectivity index (χ1v) is 9.25. The zero-order valence-corrected chi connectivity index (χ0v) is 16.9. The van der Waals surface area contributed by atoms with E-state index in [9.17, 15) is 4.79 Å². The number of fused-ring (bicyclic) bond motifs is 1. The molecule has 1 aliphatic heterocycles. The molecule has 0 unspecified atom stereocenters. The average molecular weight is 398 g/mol. The molecule has 1 aliphatic rings. The van der Waals surface area contributed by atoms with Crippen LogP contribution >= 0.6 is 11.6 Å². The molecule has 0 spiro atoms. The first kappa shape index (κ1) is 18.4. The van der Waals surface area contributed by atoms with Crippen LogP contribution in [0.2, 0.25) is 5.02 Å². The number of halogens is 1. The lowest BCUT2D eigenvalue weighted by atomic mass is 10.1. The molecule has 0 saturated carbocycles. The molecule has 0 aliphatic carbocycles. The molecule has 28 heavy (non-hydrogen) atoms.